The van der Waals surface area contributed by atoms with E-state index in [1.165, 1.54) is 88.1 Å². The highest BCUT2D eigenvalue weighted by Crippen LogP contribution is 2.69. The fourth-order valence-corrected chi connectivity index (χ4v) is 9.72. The summed E-state index contributed by atoms with van der Waals surface area (Å²) in [5.74, 6) is 1.24. The first-order valence-electron chi connectivity index (χ1n) is 15.4. The Morgan fingerprint density at radius 1 is 0.946 bits per heavy atom. The van der Waals surface area contributed by atoms with Crippen molar-refractivity contribution >= 4 is 10.8 Å². The van der Waals surface area contributed by atoms with Gasteiger partial charge in [0.1, 0.15) is 0 Å². The van der Waals surface area contributed by atoms with Crippen LogP contribution in [-0.4, -0.2) is 35.2 Å². The van der Waals surface area contributed by atoms with Crippen molar-refractivity contribution in [1.29, 1.82) is 0 Å². The third-order valence-corrected chi connectivity index (χ3v) is 11.4. The van der Waals surface area contributed by atoms with Crippen molar-refractivity contribution in [2.45, 2.75) is 108 Å². The normalized spacial score (nSPS) is 38.2. The van der Waals surface area contributed by atoms with Crippen LogP contribution >= 0.6 is 0 Å². The van der Waals surface area contributed by atoms with E-state index in [0.717, 1.165) is 0 Å². The Morgan fingerprint density at radius 2 is 1.76 bits per heavy atom. The molecule has 2 unspecified atom stereocenters. The molecule has 5 aliphatic rings. The summed E-state index contributed by atoms with van der Waals surface area (Å²) in [7, 11) is 0. The zero-order valence-corrected chi connectivity index (χ0v) is 23.3. The minimum atomic E-state index is -0.0513. The summed E-state index contributed by atoms with van der Waals surface area (Å²) in [4.78, 5) is 2.79. The molecule has 2 bridgehead atoms. The van der Waals surface area contributed by atoms with Crippen LogP contribution in [0.2, 0.25) is 0 Å². The highest BCUT2D eigenvalue weighted by Gasteiger charge is 2.66. The number of ether oxygens (including phenoxy) is 1. The molecule has 7 rings (SSSR count). The van der Waals surface area contributed by atoms with E-state index in [9.17, 15) is 0 Å². The Kier molecular flexibility index (Phi) is 5.76. The maximum atomic E-state index is 7.59. The van der Waals surface area contributed by atoms with Gasteiger partial charge in [-0.05, 0) is 122 Å². The summed E-state index contributed by atoms with van der Waals surface area (Å²) in [5, 5.41) is 2.74. The predicted molar refractivity (Wildman–Crippen MR) is 154 cm³/mol. The van der Waals surface area contributed by atoms with Crippen molar-refractivity contribution in [3.8, 4) is 0 Å². The van der Waals surface area contributed by atoms with Crippen LogP contribution in [0.3, 0.4) is 0 Å². The van der Waals surface area contributed by atoms with Gasteiger partial charge >= 0.3 is 0 Å². The molecule has 37 heavy (non-hydrogen) atoms. The van der Waals surface area contributed by atoms with Crippen molar-refractivity contribution in [1.82, 2.24) is 4.90 Å². The molecule has 0 N–H and O–H groups in total. The largest absolute Gasteiger partial charge is 0.359 e. The second-order valence-corrected chi connectivity index (χ2v) is 13.2. The van der Waals surface area contributed by atoms with Crippen LogP contribution in [0.5, 0.6) is 0 Å². The van der Waals surface area contributed by atoms with Gasteiger partial charge in [0.05, 0.1) is 11.2 Å². The minimum Gasteiger partial charge on any atom is -0.359 e. The Hall–Kier alpha value is -1.90. The number of nitrogens with zero attached hydrogens (tertiary/aromatic N) is 1. The van der Waals surface area contributed by atoms with Crippen molar-refractivity contribution < 1.29 is 4.74 Å². The third-order valence-electron chi connectivity index (χ3n) is 11.4. The second kappa shape index (κ2) is 8.82. The number of allylic oxidation sites excluding steroid dienone is 1. The molecule has 3 fully saturated rings. The van der Waals surface area contributed by atoms with Gasteiger partial charge in [0.15, 0.2) is 0 Å². The molecule has 2 heterocycles. The highest BCUT2D eigenvalue weighted by atomic mass is 16.5. The second-order valence-electron chi connectivity index (χ2n) is 13.2. The molecule has 3 aliphatic carbocycles. The van der Waals surface area contributed by atoms with Gasteiger partial charge in [-0.1, -0.05) is 75.4 Å². The maximum Gasteiger partial charge on any atom is 0.0974 e. The van der Waals surface area contributed by atoms with E-state index in [-0.39, 0.29) is 16.6 Å². The van der Waals surface area contributed by atoms with Crippen LogP contribution in [0, 0.1) is 11.3 Å². The zero-order valence-electron chi connectivity index (χ0n) is 23.3. The van der Waals surface area contributed by atoms with Crippen LogP contribution in [0.1, 0.15) is 96.5 Å². The number of hydrogen-bond acceptors (Lipinski definition) is 2. The van der Waals surface area contributed by atoms with E-state index in [1.54, 1.807) is 16.7 Å². The summed E-state index contributed by atoms with van der Waals surface area (Å²) < 4.78 is 7.59. The third kappa shape index (κ3) is 3.51. The number of rotatable bonds is 6. The molecular formula is C35H45NO. The van der Waals surface area contributed by atoms with E-state index in [1.807, 2.05) is 0 Å². The van der Waals surface area contributed by atoms with Gasteiger partial charge in [0.2, 0.25) is 0 Å². The Bertz CT molecular complexity index is 1250. The lowest BCUT2D eigenvalue weighted by atomic mass is 9.58. The maximum absolute atomic E-state index is 7.59. The fraction of sp³-hybridized carbons (Fsp3) is 0.600. The molecule has 2 nitrogen and oxygen atoms in total. The molecule has 0 aromatic heterocycles. The van der Waals surface area contributed by atoms with Gasteiger partial charge in [0.25, 0.3) is 0 Å². The minimum absolute atomic E-state index is 0.000719. The number of benzene rings is 2. The van der Waals surface area contributed by atoms with E-state index in [2.05, 4.69) is 80.3 Å². The first kappa shape index (κ1) is 24.2. The zero-order chi connectivity index (χ0) is 25.3. The Morgan fingerprint density at radius 3 is 2.57 bits per heavy atom. The van der Waals surface area contributed by atoms with Gasteiger partial charge in [-0.3, -0.25) is 0 Å². The van der Waals surface area contributed by atoms with E-state index in [0.29, 0.717) is 17.9 Å². The van der Waals surface area contributed by atoms with Gasteiger partial charge in [-0.15, -0.1) is 0 Å². The lowest BCUT2D eigenvalue weighted by molar-refractivity contribution is -0.141. The molecule has 196 valence electrons. The Labute approximate surface area is 224 Å². The molecule has 2 aromatic rings. The van der Waals surface area contributed by atoms with Gasteiger partial charge in [-0.25, -0.2) is 0 Å². The molecule has 2 aromatic carbocycles. The molecule has 2 spiro atoms. The summed E-state index contributed by atoms with van der Waals surface area (Å²) in [6, 6.07) is 16.8. The lowest BCUT2D eigenvalue weighted by Gasteiger charge is -2.55. The molecule has 0 radical (unpaired) electrons. The van der Waals surface area contributed by atoms with Crippen LogP contribution in [-0.2, 0) is 4.74 Å². The first-order chi connectivity index (χ1) is 18.0. The lowest BCUT2D eigenvalue weighted by Crippen LogP contribution is -2.55. The van der Waals surface area contributed by atoms with E-state index >= 15 is 0 Å². The average Bonchev–Trinajstić information content (AvgIpc) is 3.43. The summed E-state index contributed by atoms with van der Waals surface area (Å²) >= 11 is 0. The molecule has 1 saturated heterocycles. The average molecular weight is 496 g/mol. The number of fused-ring (bicyclic) bond motifs is 2. The summed E-state index contributed by atoms with van der Waals surface area (Å²) in [5.41, 5.74) is 4.94. The summed E-state index contributed by atoms with van der Waals surface area (Å²) in [6.45, 7) is 9.75. The summed E-state index contributed by atoms with van der Waals surface area (Å²) in [6.07, 6.45) is 17.7. The van der Waals surface area contributed by atoms with Gasteiger partial charge in [-0.2, -0.15) is 0 Å². The van der Waals surface area contributed by atoms with E-state index in [4.69, 9.17) is 4.74 Å². The molecule has 2 aliphatic heterocycles. The fourth-order valence-electron chi connectivity index (χ4n) is 9.72. The van der Waals surface area contributed by atoms with Crippen molar-refractivity contribution in [2.24, 2.45) is 11.3 Å². The molecule has 6 atom stereocenters. The first-order valence-corrected chi connectivity index (χ1v) is 15.4. The van der Waals surface area contributed by atoms with E-state index < -0.39 is 0 Å². The van der Waals surface area contributed by atoms with Crippen molar-refractivity contribution in [3.05, 3.63) is 71.3 Å². The molecule has 0 amide bonds. The highest BCUT2D eigenvalue weighted by molar-refractivity contribution is 5.83. The van der Waals surface area contributed by atoms with Crippen molar-refractivity contribution in [3.63, 3.8) is 0 Å². The monoisotopic (exact) mass is 495 g/mol. The van der Waals surface area contributed by atoms with Gasteiger partial charge < -0.3 is 9.64 Å². The SMILES string of the molecule is CCCN(CCC)[C@@H]1CCC2=CC3=CC[C@]4(C)C(c5ccc6ccccc6c5)CC[C@H]4C34CC[C@]2(C1)O4. The Balaban J connectivity index is 1.21. The standard InChI is InChI=1S/C35H45NO/c1-4-20-36(21-5-2)30-13-12-28-23-29-16-17-33(3)31(27-11-10-25-8-6-7-9-26(25)22-27)14-15-32(33)35(29)19-18-34(28,24-30)37-35/h6-11,16,22-23,30-32H,4-5,12-15,17-21,24H2,1-3H3/t30-,31?,32-,33-,34-,35?/m1/s1. The van der Waals surface area contributed by atoms with Crippen LogP contribution in [0.15, 0.2) is 65.8 Å². The van der Waals surface area contributed by atoms with Crippen molar-refractivity contribution in [2.75, 3.05) is 13.1 Å². The smallest absolute Gasteiger partial charge is 0.0974 e. The predicted octanol–water partition coefficient (Wildman–Crippen LogP) is 8.57. The van der Waals surface area contributed by atoms with Crippen LogP contribution in [0.4, 0.5) is 0 Å². The number of hydrogen-bond donors (Lipinski definition) is 0. The molecule has 2 saturated carbocycles. The molecular weight excluding hydrogens is 450 g/mol. The quantitative estimate of drug-likeness (QED) is 0.398. The topological polar surface area (TPSA) is 12.5 Å². The van der Waals surface area contributed by atoms with Crippen LogP contribution < -0.4 is 0 Å². The van der Waals surface area contributed by atoms with Gasteiger partial charge in [0, 0.05) is 6.04 Å². The van der Waals surface area contributed by atoms with Crippen LogP contribution in [0.25, 0.3) is 10.8 Å². The molecule has 2 heteroatoms.